The van der Waals surface area contributed by atoms with Crippen LogP contribution in [0.4, 0.5) is 9.93 Å². The Morgan fingerprint density at radius 2 is 2.50 bits per heavy atom. The molecule has 1 amide bonds. The van der Waals surface area contributed by atoms with E-state index in [1.165, 1.54) is 11.3 Å². The predicted octanol–water partition coefficient (Wildman–Crippen LogP) is 0.779. The number of aromatic nitrogens is 1. The third-order valence-electron chi connectivity index (χ3n) is 1.38. The number of thiazole rings is 1. The van der Waals surface area contributed by atoms with Crippen LogP contribution in [0.25, 0.3) is 0 Å². The summed E-state index contributed by atoms with van der Waals surface area (Å²) in [4.78, 5) is 14.0. The normalized spacial score (nSPS) is 10.2. The lowest BCUT2D eigenvalue weighted by Crippen LogP contribution is -2.28. The summed E-state index contributed by atoms with van der Waals surface area (Å²) in [6, 6.07) is 0. The molecule has 0 radical (unpaired) electrons. The van der Waals surface area contributed by atoms with Crippen molar-refractivity contribution in [2.45, 2.75) is 26.5 Å². The van der Waals surface area contributed by atoms with Gasteiger partial charge in [-0.2, -0.15) is 0 Å². The molecule has 78 valence electrons. The van der Waals surface area contributed by atoms with E-state index in [2.05, 4.69) is 10.3 Å². The van der Waals surface area contributed by atoms with Crippen molar-refractivity contribution in [2.24, 2.45) is 0 Å². The van der Waals surface area contributed by atoms with Crippen LogP contribution in [-0.2, 0) is 11.3 Å². The summed E-state index contributed by atoms with van der Waals surface area (Å²) >= 11 is 1.40. The van der Waals surface area contributed by atoms with E-state index in [0.29, 0.717) is 11.7 Å². The van der Waals surface area contributed by atoms with E-state index in [0.717, 1.165) is 5.69 Å². The first-order valence-corrected chi connectivity index (χ1v) is 5.15. The van der Waals surface area contributed by atoms with E-state index in [-0.39, 0.29) is 6.10 Å². The minimum Gasteiger partial charge on any atom is -0.447 e. The number of nitrogens with two attached hydrogens (primary N) is 1. The highest BCUT2D eigenvalue weighted by molar-refractivity contribution is 7.13. The summed E-state index contributed by atoms with van der Waals surface area (Å²) < 4.78 is 4.89. The molecule has 0 atom stereocenters. The lowest BCUT2D eigenvalue weighted by atomic mass is 10.5. The quantitative estimate of drug-likeness (QED) is 0.783. The highest BCUT2D eigenvalue weighted by Crippen LogP contribution is 2.04. The van der Waals surface area contributed by atoms with Crippen molar-refractivity contribution < 1.29 is 14.5 Å². The molecule has 0 saturated carbocycles. The second-order valence-electron chi connectivity index (χ2n) is 3.06. The van der Waals surface area contributed by atoms with E-state index in [1.54, 1.807) is 13.8 Å². The summed E-state index contributed by atoms with van der Waals surface area (Å²) in [5.41, 5.74) is 6.35. The van der Waals surface area contributed by atoms with Gasteiger partial charge in [0, 0.05) is 5.38 Å². The molecule has 1 aromatic heterocycles. The number of aromatic amines is 1. The number of amides is 1. The minimum absolute atomic E-state index is 0.105. The maximum absolute atomic E-state index is 11.1. The van der Waals surface area contributed by atoms with Crippen LogP contribution in [0.3, 0.4) is 0 Å². The van der Waals surface area contributed by atoms with Gasteiger partial charge in [-0.15, -0.1) is 0 Å². The van der Waals surface area contributed by atoms with Crippen LogP contribution >= 0.6 is 11.3 Å². The topological polar surface area (TPSA) is 78.5 Å². The number of hydrogen-bond donors (Lipinski definition) is 2. The van der Waals surface area contributed by atoms with Gasteiger partial charge >= 0.3 is 11.2 Å². The van der Waals surface area contributed by atoms with E-state index < -0.39 is 6.09 Å². The molecule has 0 saturated heterocycles. The molecule has 0 aromatic carbocycles. The van der Waals surface area contributed by atoms with Gasteiger partial charge in [0.05, 0.1) is 12.6 Å². The third-order valence-corrected chi connectivity index (χ3v) is 2.14. The number of carbonyl (C=O) groups is 1. The predicted molar refractivity (Wildman–Crippen MR) is 53.7 cm³/mol. The van der Waals surface area contributed by atoms with Gasteiger partial charge < -0.3 is 10.1 Å². The second-order valence-corrected chi connectivity index (χ2v) is 3.97. The number of carbonyl (C=O) groups excluding carboxylic acids is 1. The number of rotatable bonds is 3. The van der Waals surface area contributed by atoms with E-state index in [4.69, 9.17) is 10.5 Å². The largest absolute Gasteiger partial charge is 0.447 e. The molecule has 0 fully saturated rings. The van der Waals surface area contributed by atoms with Crippen LogP contribution in [0.5, 0.6) is 0 Å². The van der Waals surface area contributed by atoms with E-state index >= 15 is 0 Å². The molecule has 0 unspecified atom stereocenters. The highest BCUT2D eigenvalue weighted by Gasteiger charge is 2.07. The number of ether oxygens (including phenoxy) is 1. The van der Waals surface area contributed by atoms with E-state index in [1.807, 2.05) is 5.38 Å². The molecular formula is C8H14N3O2S+. The van der Waals surface area contributed by atoms with Gasteiger partial charge in [-0.25, -0.2) is 9.78 Å². The summed E-state index contributed by atoms with van der Waals surface area (Å²) in [6.45, 7) is 4.00. The van der Waals surface area contributed by atoms with Crippen LogP contribution in [0, 0.1) is 0 Å². The van der Waals surface area contributed by atoms with Crippen molar-refractivity contribution in [1.29, 1.82) is 0 Å². The monoisotopic (exact) mass is 216 g/mol. The molecule has 6 heteroatoms. The molecule has 0 aliphatic carbocycles. The zero-order valence-electron chi connectivity index (χ0n) is 8.16. The maximum Gasteiger partial charge on any atom is 0.407 e. The minimum atomic E-state index is -0.418. The van der Waals surface area contributed by atoms with Crippen LogP contribution in [0.15, 0.2) is 5.38 Å². The second kappa shape index (κ2) is 4.80. The average Bonchev–Trinajstić information content (AvgIpc) is 2.47. The summed E-state index contributed by atoms with van der Waals surface area (Å²) in [6.07, 6.45) is -0.523. The zero-order valence-corrected chi connectivity index (χ0v) is 8.98. The van der Waals surface area contributed by atoms with Crippen LogP contribution in [0.2, 0.25) is 0 Å². The van der Waals surface area contributed by atoms with Gasteiger partial charge in [-0.1, -0.05) is 11.3 Å². The van der Waals surface area contributed by atoms with Crippen molar-refractivity contribution in [3.63, 3.8) is 0 Å². The van der Waals surface area contributed by atoms with Gasteiger partial charge in [0.2, 0.25) is 0 Å². The molecule has 0 bridgehead atoms. The highest BCUT2D eigenvalue weighted by atomic mass is 32.1. The lowest BCUT2D eigenvalue weighted by Gasteiger charge is -2.07. The van der Waals surface area contributed by atoms with Crippen molar-refractivity contribution in [1.82, 2.24) is 5.32 Å². The number of H-pyrrole nitrogens is 1. The van der Waals surface area contributed by atoms with Crippen LogP contribution in [-0.4, -0.2) is 12.2 Å². The van der Waals surface area contributed by atoms with Crippen molar-refractivity contribution >= 4 is 22.6 Å². The Kier molecular flexibility index (Phi) is 3.70. The van der Waals surface area contributed by atoms with Gasteiger partial charge in [0.15, 0.2) is 0 Å². The number of anilines is 1. The Morgan fingerprint density at radius 1 is 1.79 bits per heavy atom. The molecule has 0 aliphatic heterocycles. The first-order valence-electron chi connectivity index (χ1n) is 4.27. The van der Waals surface area contributed by atoms with Crippen LogP contribution in [0.1, 0.15) is 19.5 Å². The Balaban J connectivity index is 2.30. The summed E-state index contributed by atoms with van der Waals surface area (Å²) in [7, 11) is 0. The fourth-order valence-corrected chi connectivity index (χ4v) is 1.46. The number of hydrogen-bond acceptors (Lipinski definition) is 4. The van der Waals surface area contributed by atoms with Crippen molar-refractivity contribution in [3.8, 4) is 0 Å². The van der Waals surface area contributed by atoms with Gasteiger partial charge in [-0.3, -0.25) is 5.73 Å². The van der Waals surface area contributed by atoms with Gasteiger partial charge in [-0.05, 0) is 13.8 Å². The third kappa shape index (κ3) is 3.61. The Bertz CT molecular complexity index is 311. The number of alkyl carbamates (subject to hydrolysis) is 1. The van der Waals surface area contributed by atoms with Crippen molar-refractivity contribution in [2.75, 3.05) is 5.73 Å². The molecular weight excluding hydrogens is 202 g/mol. The molecule has 5 nitrogen and oxygen atoms in total. The van der Waals surface area contributed by atoms with E-state index in [9.17, 15) is 4.79 Å². The Hall–Kier alpha value is -1.30. The van der Waals surface area contributed by atoms with Gasteiger partial charge in [0.1, 0.15) is 5.69 Å². The Labute approximate surface area is 86.3 Å². The van der Waals surface area contributed by atoms with Crippen molar-refractivity contribution in [3.05, 3.63) is 11.1 Å². The molecule has 14 heavy (non-hydrogen) atoms. The summed E-state index contributed by atoms with van der Waals surface area (Å²) in [5, 5.41) is 5.08. The first-order chi connectivity index (χ1) is 6.58. The standard InChI is InChI=1S/C8H13N3O2S/c1-5(2)13-8(12)10-3-6-4-14-7(9)11-6/h4-5H,3H2,1-2H3,(H2,9,11)(H,10,12)/p+1. The summed E-state index contributed by atoms with van der Waals surface area (Å²) in [5.74, 6) is 0. The Morgan fingerprint density at radius 3 is 3.00 bits per heavy atom. The number of nitrogens with one attached hydrogen (secondary N) is 2. The average molecular weight is 216 g/mol. The van der Waals surface area contributed by atoms with Gasteiger partial charge in [0.25, 0.3) is 0 Å². The fourth-order valence-electron chi connectivity index (χ4n) is 0.861. The maximum atomic E-state index is 11.1. The molecule has 0 aliphatic rings. The molecule has 1 aromatic rings. The molecule has 1 rings (SSSR count). The van der Waals surface area contributed by atoms with Crippen LogP contribution < -0.4 is 16.0 Å². The SMILES string of the molecule is CC(C)OC(=O)NCc1csc(N)[nH+]1. The smallest absolute Gasteiger partial charge is 0.407 e. The molecule has 4 N–H and O–H groups in total. The molecule has 0 spiro atoms. The fraction of sp³-hybridized carbons (Fsp3) is 0.500. The number of nitrogen functional groups attached to an aromatic ring is 1. The molecule has 1 heterocycles. The zero-order chi connectivity index (χ0) is 10.6. The first kappa shape index (κ1) is 10.8. The lowest BCUT2D eigenvalue weighted by molar-refractivity contribution is -0.367.